The van der Waals surface area contributed by atoms with Gasteiger partial charge in [0.15, 0.2) is 0 Å². The van der Waals surface area contributed by atoms with E-state index in [4.69, 9.17) is 11.2 Å². The highest BCUT2D eigenvalue weighted by Gasteiger charge is 2.07. The number of terminal acetylenes is 1. The predicted octanol–water partition coefficient (Wildman–Crippen LogP) is 4.08. The number of fused-ring (bicyclic) bond motifs is 2. The van der Waals surface area contributed by atoms with Gasteiger partial charge in [0.25, 0.3) is 0 Å². The second kappa shape index (κ2) is 6.50. The lowest BCUT2D eigenvalue weighted by Crippen LogP contribution is -1.99. The Morgan fingerprint density at radius 3 is 2.84 bits per heavy atom. The maximum absolute atomic E-state index is 5.70. The van der Waals surface area contributed by atoms with E-state index in [2.05, 4.69) is 22.1 Å². The van der Waals surface area contributed by atoms with Crippen molar-refractivity contribution in [1.82, 2.24) is 9.66 Å². The van der Waals surface area contributed by atoms with E-state index in [1.165, 1.54) is 0 Å². The van der Waals surface area contributed by atoms with Crippen LogP contribution in [0.25, 0.3) is 21.8 Å². The van der Waals surface area contributed by atoms with Gasteiger partial charge < -0.3 is 4.74 Å². The second-order valence-corrected chi connectivity index (χ2v) is 5.51. The molecule has 0 fully saturated rings. The van der Waals surface area contributed by atoms with Crippen LogP contribution in [-0.4, -0.2) is 22.5 Å². The Bertz CT molecular complexity index is 1120. The van der Waals surface area contributed by atoms with Gasteiger partial charge in [0.05, 0.1) is 17.2 Å². The van der Waals surface area contributed by atoms with E-state index in [1.54, 1.807) is 17.2 Å². The summed E-state index contributed by atoms with van der Waals surface area (Å²) in [6, 6.07) is 19.9. The van der Waals surface area contributed by atoms with E-state index >= 15 is 0 Å². The standard InChI is InChI=1S/C21H15N3O/c1-2-13-25-21-12-11-16-7-3-4-8-17(16)18(21)14-23-24-15-22-19-9-5-6-10-20(19)24/h1,3-12,14-15H,13H2/b23-14-. The van der Waals surface area contributed by atoms with Crippen molar-refractivity contribution >= 4 is 28.0 Å². The minimum Gasteiger partial charge on any atom is -0.480 e. The molecule has 0 spiro atoms. The summed E-state index contributed by atoms with van der Waals surface area (Å²) < 4.78 is 7.45. The zero-order valence-electron chi connectivity index (χ0n) is 13.5. The molecule has 1 aromatic heterocycles. The molecule has 3 aromatic carbocycles. The molecule has 0 bridgehead atoms. The second-order valence-electron chi connectivity index (χ2n) is 5.51. The minimum absolute atomic E-state index is 0.215. The fourth-order valence-electron chi connectivity index (χ4n) is 2.81. The normalized spacial score (nSPS) is 11.2. The Morgan fingerprint density at radius 2 is 1.92 bits per heavy atom. The van der Waals surface area contributed by atoms with Crippen LogP contribution < -0.4 is 4.74 Å². The zero-order valence-corrected chi connectivity index (χ0v) is 13.5. The van der Waals surface area contributed by atoms with E-state index in [1.807, 2.05) is 54.6 Å². The van der Waals surface area contributed by atoms with E-state index in [-0.39, 0.29) is 6.61 Å². The van der Waals surface area contributed by atoms with Gasteiger partial charge in [-0.05, 0) is 29.0 Å². The molecule has 0 atom stereocenters. The number of nitrogens with zero attached hydrogens (tertiary/aromatic N) is 3. The van der Waals surface area contributed by atoms with Crippen LogP contribution >= 0.6 is 0 Å². The van der Waals surface area contributed by atoms with Crippen molar-refractivity contribution in [2.45, 2.75) is 0 Å². The zero-order chi connectivity index (χ0) is 17.1. The Kier molecular flexibility index (Phi) is 3.89. The first-order valence-electron chi connectivity index (χ1n) is 7.91. The maximum atomic E-state index is 5.70. The SMILES string of the molecule is C#CCOc1ccc2ccccc2c1/C=N\n1cnc2ccccc21. The third-order valence-electron chi connectivity index (χ3n) is 3.99. The molecule has 4 aromatic rings. The van der Waals surface area contributed by atoms with Crippen LogP contribution in [0.4, 0.5) is 0 Å². The van der Waals surface area contributed by atoms with Gasteiger partial charge in [0.2, 0.25) is 0 Å². The lowest BCUT2D eigenvalue weighted by atomic mass is 10.0. The molecule has 0 unspecified atom stereocenters. The summed E-state index contributed by atoms with van der Waals surface area (Å²) in [5, 5.41) is 6.76. The molecule has 0 saturated carbocycles. The number of para-hydroxylation sites is 2. The summed E-state index contributed by atoms with van der Waals surface area (Å²) in [6.07, 6.45) is 8.83. The smallest absolute Gasteiger partial charge is 0.148 e. The number of ether oxygens (including phenoxy) is 1. The lowest BCUT2D eigenvalue weighted by molar-refractivity contribution is 0.370. The van der Waals surface area contributed by atoms with Crippen LogP contribution in [0, 0.1) is 12.3 Å². The van der Waals surface area contributed by atoms with Gasteiger partial charge in [-0.15, -0.1) is 6.42 Å². The highest BCUT2D eigenvalue weighted by molar-refractivity contribution is 6.02. The van der Waals surface area contributed by atoms with Gasteiger partial charge in [0.1, 0.15) is 18.7 Å². The fourth-order valence-corrected chi connectivity index (χ4v) is 2.81. The molecule has 0 amide bonds. The van der Waals surface area contributed by atoms with Crippen LogP contribution in [0.15, 0.2) is 72.1 Å². The number of imidazole rings is 1. The largest absolute Gasteiger partial charge is 0.480 e. The van der Waals surface area contributed by atoms with Crippen molar-refractivity contribution in [2.75, 3.05) is 6.61 Å². The molecule has 4 rings (SSSR count). The van der Waals surface area contributed by atoms with E-state index in [0.29, 0.717) is 5.75 Å². The molecule has 0 aliphatic carbocycles. The van der Waals surface area contributed by atoms with Gasteiger partial charge in [-0.2, -0.15) is 5.10 Å². The van der Waals surface area contributed by atoms with Gasteiger partial charge in [-0.25, -0.2) is 9.66 Å². The average Bonchev–Trinajstić information content (AvgIpc) is 3.08. The molecular weight excluding hydrogens is 310 g/mol. The van der Waals surface area contributed by atoms with Gasteiger partial charge in [-0.1, -0.05) is 48.4 Å². The molecule has 0 N–H and O–H groups in total. The third kappa shape index (κ3) is 2.84. The Hall–Kier alpha value is -3.58. The summed E-state index contributed by atoms with van der Waals surface area (Å²) in [4.78, 5) is 4.36. The van der Waals surface area contributed by atoms with Crippen molar-refractivity contribution in [2.24, 2.45) is 5.10 Å². The van der Waals surface area contributed by atoms with Gasteiger partial charge >= 0.3 is 0 Å². The molecule has 4 nitrogen and oxygen atoms in total. The molecule has 0 radical (unpaired) electrons. The number of hydrogen-bond donors (Lipinski definition) is 0. The Labute approximate surface area is 145 Å². The summed E-state index contributed by atoms with van der Waals surface area (Å²) in [6.45, 7) is 0.215. The lowest BCUT2D eigenvalue weighted by Gasteiger charge is -2.09. The summed E-state index contributed by atoms with van der Waals surface area (Å²) in [7, 11) is 0. The topological polar surface area (TPSA) is 39.4 Å². The van der Waals surface area contributed by atoms with E-state index in [9.17, 15) is 0 Å². The van der Waals surface area contributed by atoms with Crippen molar-refractivity contribution in [3.8, 4) is 18.1 Å². The molecule has 0 aliphatic heterocycles. The monoisotopic (exact) mass is 325 g/mol. The number of aromatic nitrogens is 2. The van der Waals surface area contributed by atoms with Crippen LogP contribution in [0.2, 0.25) is 0 Å². The van der Waals surface area contributed by atoms with Crippen molar-refractivity contribution in [3.05, 3.63) is 72.6 Å². The van der Waals surface area contributed by atoms with Crippen molar-refractivity contribution in [1.29, 1.82) is 0 Å². The number of benzene rings is 3. The summed E-state index contributed by atoms with van der Waals surface area (Å²) in [5.41, 5.74) is 2.75. The first-order valence-corrected chi connectivity index (χ1v) is 7.91. The van der Waals surface area contributed by atoms with Crippen molar-refractivity contribution in [3.63, 3.8) is 0 Å². The maximum Gasteiger partial charge on any atom is 0.148 e. The predicted molar refractivity (Wildman–Crippen MR) is 101 cm³/mol. The fraction of sp³-hybridized carbons (Fsp3) is 0.0476. The summed E-state index contributed by atoms with van der Waals surface area (Å²) in [5.74, 6) is 3.22. The Balaban J connectivity index is 1.83. The van der Waals surface area contributed by atoms with Crippen LogP contribution in [0.3, 0.4) is 0 Å². The Morgan fingerprint density at radius 1 is 1.08 bits per heavy atom. The number of hydrogen-bond acceptors (Lipinski definition) is 3. The number of rotatable bonds is 4. The van der Waals surface area contributed by atoms with Gasteiger partial charge in [0, 0.05) is 5.56 Å². The molecule has 120 valence electrons. The highest BCUT2D eigenvalue weighted by Crippen LogP contribution is 2.27. The highest BCUT2D eigenvalue weighted by atomic mass is 16.5. The first-order chi connectivity index (χ1) is 12.4. The summed E-state index contributed by atoms with van der Waals surface area (Å²) >= 11 is 0. The van der Waals surface area contributed by atoms with Crippen LogP contribution in [0.1, 0.15) is 5.56 Å². The van der Waals surface area contributed by atoms with Crippen molar-refractivity contribution < 1.29 is 4.74 Å². The minimum atomic E-state index is 0.215. The molecule has 1 heterocycles. The van der Waals surface area contributed by atoms with Gasteiger partial charge in [-0.3, -0.25) is 0 Å². The molecule has 25 heavy (non-hydrogen) atoms. The quantitative estimate of drug-likeness (QED) is 0.419. The molecule has 0 aliphatic rings. The molecule has 0 saturated heterocycles. The van der Waals surface area contributed by atoms with Crippen LogP contribution in [-0.2, 0) is 0 Å². The molecular formula is C21H15N3O. The average molecular weight is 325 g/mol. The first kappa shape index (κ1) is 15.0. The molecule has 4 heteroatoms. The van der Waals surface area contributed by atoms with E-state index < -0.39 is 0 Å². The third-order valence-corrected chi connectivity index (χ3v) is 3.99. The van der Waals surface area contributed by atoms with E-state index in [0.717, 1.165) is 27.4 Å². The van der Waals surface area contributed by atoms with Crippen LogP contribution in [0.5, 0.6) is 5.75 Å².